The van der Waals surface area contributed by atoms with Gasteiger partial charge in [0.2, 0.25) is 16.4 Å². The highest BCUT2D eigenvalue weighted by Gasteiger charge is 2.37. The molecule has 6 nitrogen and oxygen atoms in total. The fourth-order valence-corrected chi connectivity index (χ4v) is 4.48. The first-order valence-electron chi connectivity index (χ1n) is 8.51. The van der Waals surface area contributed by atoms with E-state index in [-0.39, 0.29) is 24.5 Å². The zero-order valence-corrected chi connectivity index (χ0v) is 16.5. The quantitative estimate of drug-likeness (QED) is 0.773. The van der Waals surface area contributed by atoms with Crippen LogP contribution < -0.4 is 0 Å². The number of rotatable bonds is 4. The van der Waals surface area contributed by atoms with Gasteiger partial charge in [-0.05, 0) is 52.0 Å². The zero-order chi connectivity index (χ0) is 20.6. The number of alkyl halides is 3. The Morgan fingerprint density at radius 1 is 1.15 bits per heavy atom. The Hall–Kier alpha value is -1.20. The normalized spacial score (nSPS) is 22.0. The molecule has 1 saturated heterocycles. The van der Waals surface area contributed by atoms with E-state index in [4.69, 9.17) is 4.74 Å². The molecular weight excluding hydrogens is 385 g/mol. The van der Waals surface area contributed by atoms with Gasteiger partial charge in [0.05, 0.1) is 16.1 Å². The van der Waals surface area contributed by atoms with E-state index in [9.17, 15) is 26.7 Å². The number of ether oxygens (including phenoxy) is 1. The third-order valence-corrected chi connectivity index (χ3v) is 6.19. The molecule has 154 valence electrons. The summed E-state index contributed by atoms with van der Waals surface area (Å²) in [5.74, 6) is 0. The van der Waals surface area contributed by atoms with Gasteiger partial charge in [-0.15, -0.1) is 0 Å². The summed E-state index contributed by atoms with van der Waals surface area (Å²) in [6.07, 6.45) is -5.69. The second-order valence-corrected chi connectivity index (χ2v) is 9.43. The molecule has 0 spiro atoms. The number of aliphatic hydroxyl groups is 1. The average molecular weight is 410 g/mol. The zero-order valence-electron chi connectivity index (χ0n) is 15.7. The number of sulfonamides is 1. The molecule has 0 bridgehead atoms. The van der Waals surface area contributed by atoms with Crippen LogP contribution >= 0.6 is 0 Å². The summed E-state index contributed by atoms with van der Waals surface area (Å²) in [4.78, 5) is 1.43. The highest BCUT2D eigenvalue weighted by atomic mass is 32.2. The van der Waals surface area contributed by atoms with Gasteiger partial charge in [0.1, 0.15) is 0 Å². The number of hydrogen-bond acceptors (Lipinski definition) is 5. The molecule has 0 aliphatic carbocycles. The van der Waals surface area contributed by atoms with Crippen molar-refractivity contribution >= 4 is 10.0 Å². The van der Waals surface area contributed by atoms with Gasteiger partial charge >= 0.3 is 6.18 Å². The van der Waals surface area contributed by atoms with E-state index in [0.717, 1.165) is 24.3 Å². The first-order chi connectivity index (χ1) is 12.2. The van der Waals surface area contributed by atoms with Gasteiger partial charge in [-0.2, -0.15) is 17.5 Å². The maximum atomic E-state index is 12.8. The van der Waals surface area contributed by atoms with E-state index in [1.165, 1.54) is 4.31 Å². The fourth-order valence-electron chi connectivity index (χ4n) is 2.87. The minimum atomic E-state index is -4.52. The van der Waals surface area contributed by atoms with E-state index < -0.39 is 39.8 Å². The van der Waals surface area contributed by atoms with Gasteiger partial charge in [-0.1, -0.05) is 0 Å². The van der Waals surface area contributed by atoms with Crippen molar-refractivity contribution < 1.29 is 31.4 Å². The van der Waals surface area contributed by atoms with Gasteiger partial charge in [0, 0.05) is 25.7 Å². The molecule has 0 aromatic heterocycles. The number of aliphatic hydroxyl groups excluding tert-OH is 1. The maximum absolute atomic E-state index is 12.8. The minimum Gasteiger partial charge on any atom is -0.356 e. The topological polar surface area (TPSA) is 70.1 Å². The monoisotopic (exact) mass is 410 g/mol. The summed E-state index contributed by atoms with van der Waals surface area (Å²) in [6.45, 7) is 7.63. The van der Waals surface area contributed by atoms with E-state index in [1.54, 1.807) is 32.6 Å². The Labute approximate surface area is 157 Å². The SMILES string of the molecule is C[C@@H]1CN(C(O)OC(C)(C)C)CCN1S(=O)(=O)c1ccc(C(F)(F)F)cc1. The van der Waals surface area contributed by atoms with Gasteiger partial charge < -0.3 is 9.84 Å². The number of nitrogens with zero attached hydrogens (tertiary/aromatic N) is 2. The van der Waals surface area contributed by atoms with Crippen molar-refractivity contribution in [1.82, 2.24) is 9.21 Å². The third-order valence-electron chi connectivity index (χ3n) is 4.16. The lowest BCUT2D eigenvalue weighted by molar-refractivity contribution is -0.244. The molecule has 27 heavy (non-hydrogen) atoms. The first-order valence-corrected chi connectivity index (χ1v) is 9.95. The molecular formula is C17H25F3N2O4S. The average Bonchev–Trinajstić information content (AvgIpc) is 2.52. The molecule has 1 aliphatic heterocycles. The van der Waals surface area contributed by atoms with Crippen LogP contribution in [0.1, 0.15) is 33.3 Å². The van der Waals surface area contributed by atoms with Crippen molar-refractivity contribution in [3.63, 3.8) is 0 Å². The summed E-state index contributed by atoms with van der Waals surface area (Å²) in [5, 5.41) is 10.2. The number of benzene rings is 1. The number of halogens is 3. The molecule has 1 aliphatic rings. The van der Waals surface area contributed by atoms with Crippen LogP contribution in [0.4, 0.5) is 13.2 Å². The molecule has 0 saturated carbocycles. The lowest BCUT2D eigenvalue weighted by Gasteiger charge is -2.41. The molecule has 0 radical (unpaired) electrons. The van der Waals surface area contributed by atoms with Crippen molar-refractivity contribution in [1.29, 1.82) is 0 Å². The smallest absolute Gasteiger partial charge is 0.356 e. The lowest BCUT2D eigenvalue weighted by atomic mass is 10.2. The molecule has 1 unspecified atom stereocenters. The molecule has 1 aromatic rings. The molecule has 0 amide bonds. The van der Waals surface area contributed by atoms with Gasteiger partial charge in [-0.25, -0.2) is 8.42 Å². The standard InChI is InChI=1S/C17H25F3N2O4S/c1-12-11-21(15(23)26-16(2,3)4)9-10-22(12)27(24,25)14-7-5-13(6-8-14)17(18,19)20/h5-8,12,15,23H,9-11H2,1-4H3/t12-,15?/m1/s1. The van der Waals surface area contributed by atoms with Crippen molar-refractivity contribution in [3.8, 4) is 0 Å². The molecule has 1 aromatic carbocycles. The molecule has 2 rings (SSSR count). The Balaban J connectivity index is 2.12. The first kappa shape index (κ1) is 22.1. The highest BCUT2D eigenvalue weighted by Crippen LogP contribution is 2.31. The lowest BCUT2D eigenvalue weighted by Crippen LogP contribution is -2.57. The summed E-state index contributed by atoms with van der Waals surface area (Å²) in [5.41, 5.74) is -1.46. The summed E-state index contributed by atoms with van der Waals surface area (Å²) >= 11 is 0. The number of piperazine rings is 1. The van der Waals surface area contributed by atoms with Crippen LogP contribution in [-0.4, -0.2) is 60.4 Å². The van der Waals surface area contributed by atoms with E-state index in [0.29, 0.717) is 0 Å². The van der Waals surface area contributed by atoms with Crippen LogP contribution in [0.5, 0.6) is 0 Å². The van der Waals surface area contributed by atoms with Crippen LogP contribution in [0.25, 0.3) is 0 Å². The summed E-state index contributed by atoms with van der Waals surface area (Å²) < 4.78 is 70.3. The Kier molecular flexibility index (Phi) is 6.27. The third kappa shape index (κ3) is 5.41. The van der Waals surface area contributed by atoms with Crippen molar-refractivity contribution in [2.24, 2.45) is 0 Å². The van der Waals surface area contributed by atoms with E-state index in [2.05, 4.69) is 0 Å². The molecule has 2 atom stereocenters. The van der Waals surface area contributed by atoms with Crippen molar-refractivity contribution in [2.75, 3.05) is 19.6 Å². The minimum absolute atomic E-state index is 0.0923. The van der Waals surface area contributed by atoms with E-state index in [1.807, 2.05) is 0 Å². The predicted octanol–water partition coefficient (Wildman–Crippen LogP) is 2.49. The van der Waals surface area contributed by atoms with Crippen LogP contribution in [0.2, 0.25) is 0 Å². The van der Waals surface area contributed by atoms with E-state index >= 15 is 0 Å². The largest absolute Gasteiger partial charge is 0.416 e. The molecule has 1 heterocycles. The highest BCUT2D eigenvalue weighted by molar-refractivity contribution is 7.89. The van der Waals surface area contributed by atoms with Gasteiger partial charge in [0.15, 0.2) is 0 Å². The van der Waals surface area contributed by atoms with Crippen LogP contribution in [0, 0.1) is 0 Å². The summed E-state index contributed by atoms with van der Waals surface area (Å²) in [6, 6.07) is 2.97. The molecule has 10 heteroatoms. The Bertz CT molecular complexity index is 745. The second kappa shape index (κ2) is 7.67. The predicted molar refractivity (Wildman–Crippen MR) is 93.2 cm³/mol. The maximum Gasteiger partial charge on any atom is 0.416 e. The second-order valence-electron chi connectivity index (χ2n) is 7.54. The molecule has 1 fully saturated rings. The van der Waals surface area contributed by atoms with Gasteiger partial charge in [0.25, 0.3) is 0 Å². The van der Waals surface area contributed by atoms with Gasteiger partial charge in [-0.3, -0.25) is 4.90 Å². The Morgan fingerprint density at radius 3 is 2.15 bits per heavy atom. The van der Waals surface area contributed by atoms with Crippen molar-refractivity contribution in [2.45, 2.75) is 56.8 Å². The summed E-state index contributed by atoms with van der Waals surface area (Å²) in [7, 11) is -3.94. The van der Waals surface area contributed by atoms with Crippen LogP contribution in [-0.2, 0) is 20.9 Å². The van der Waals surface area contributed by atoms with Crippen LogP contribution in [0.3, 0.4) is 0 Å². The Morgan fingerprint density at radius 2 is 1.70 bits per heavy atom. The number of hydrogen-bond donors (Lipinski definition) is 1. The fraction of sp³-hybridized carbons (Fsp3) is 0.647. The molecule has 1 N–H and O–H groups in total. The van der Waals surface area contributed by atoms with Crippen molar-refractivity contribution in [3.05, 3.63) is 29.8 Å². The van der Waals surface area contributed by atoms with Crippen LogP contribution in [0.15, 0.2) is 29.2 Å².